The van der Waals surface area contributed by atoms with Crippen LogP contribution in [0.1, 0.15) is 19.8 Å². The summed E-state index contributed by atoms with van der Waals surface area (Å²) in [5, 5.41) is 2.26. The van der Waals surface area contributed by atoms with Gasteiger partial charge >= 0.3 is 0 Å². The van der Waals surface area contributed by atoms with Gasteiger partial charge in [-0.3, -0.25) is 4.79 Å². The molecule has 0 saturated carbocycles. The fourth-order valence-corrected chi connectivity index (χ4v) is 2.07. The quantitative estimate of drug-likeness (QED) is 0.522. The zero-order valence-corrected chi connectivity index (χ0v) is 12.2. The summed E-state index contributed by atoms with van der Waals surface area (Å²) < 4.78 is 15.8. The van der Waals surface area contributed by atoms with E-state index in [1.807, 2.05) is 43.3 Å². The van der Waals surface area contributed by atoms with Gasteiger partial charge in [0.15, 0.2) is 0 Å². The Morgan fingerprint density at radius 2 is 1.52 bits per heavy atom. The fourth-order valence-electron chi connectivity index (χ4n) is 2.07. The number of ether oxygens (including phenoxy) is 3. The maximum atomic E-state index is 9.99. The normalized spacial score (nSPS) is 10.3. The van der Waals surface area contributed by atoms with E-state index in [0.717, 1.165) is 35.1 Å². The molecule has 0 aromatic heterocycles. The number of hydrogen-bond donors (Lipinski definition) is 0. The number of carbonyl (C=O) groups excluding carboxylic acids is 1. The molecule has 2 aromatic carbocycles. The zero-order chi connectivity index (χ0) is 14.9. The van der Waals surface area contributed by atoms with Crippen LogP contribution in [0.3, 0.4) is 0 Å². The van der Waals surface area contributed by atoms with Crippen molar-refractivity contribution in [1.82, 2.24) is 0 Å². The molecule has 0 fully saturated rings. The fraction of sp³-hybridized carbons (Fsp3) is 0.353. The van der Waals surface area contributed by atoms with Gasteiger partial charge in [0.25, 0.3) is 6.47 Å². The number of hydrogen-bond acceptors (Lipinski definition) is 4. The van der Waals surface area contributed by atoms with Crippen LogP contribution in [0.4, 0.5) is 0 Å². The third-order valence-electron chi connectivity index (χ3n) is 3.09. The SMILES string of the molecule is CCOc1ccc2cc(OCCCCOC=O)ccc2c1. The highest BCUT2D eigenvalue weighted by atomic mass is 16.5. The first-order valence-corrected chi connectivity index (χ1v) is 7.18. The summed E-state index contributed by atoms with van der Waals surface area (Å²) in [6, 6.07) is 12.0. The summed E-state index contributed by atoms with van der Waals surface area (Å²) >= 11 is 0. The molecule has 0 spiro atoms. The Labute approximate surface area is 124 Å². The Balaban J connectivity index is 1.90. The molecule has 0 radical (unpaired) electrons. The Bertz CT molecular complexity index is 580. The van der Waals surface area contributed by atoms with Gasteiger partial charge < -0.3 is 14.2 Å². The summed E-state index contributed by atoms with van der Waals surface area (Å²) in [6.45, 7) is 4.18. The molecule has 0 unspecified atom stereocenters. The molecular weight excluding hydrogens is 268 g/mol. The minimum absolute atomic E-state index is 0.449. The highest BCUT2D eigenvalue weighted by molar-refractivity contribution is 5.85. The van der Waals surface area contributed by atoms with Gasteiger partial charge in [-0.05, 0) is 54.8 Å². The summed E-state index contributed by atoms with van der Waals surface area (Å²) in [6.07, 6.45) is 1.67. The lowest BCUT2D eigenvalue weighted by atomic mass is 10.1. The molecule has 0 N–H and O–H groups in total. The molecule has 0 bridgehead atoms. The molecule has 0 aliphatic carbocycles. The van der Waals surface area contributed by atoms with E-state index < -0.39 is 0 Å². The average molecular weight is 288 g/mol. The van der Waals surface area contributed by atoms with Crippen molar-refractivity contribution in [2.24, 2.45) is 0 Å². The molecule has 2 aromatic rings. The molecule has 112 valence electrons. The van der Waals surface area contributed by atoms with E-state index >= 15 is 0 Å². The minimum Gasteiger partial charge on any atom is -0.494 e. The molecule has 0 amide bonds. The van der Waals surface area contributed by atoms with Crippen molar-refractivity contribution in [3.8, 4) is 11.5 Å². The number of benzene rings is 2. The second kappa shape index (κ2) is 8.15. The number of fused-ring (bicyclic) bond motifs is 1. The second-order valence-corrected chi connectivity index (χ2v) is 4.63. The van der Waals surface area contributed by atoms with Crippen LogP contribution in [0.15, 0.2) is 36.4 Å². The van der Waals surface area contributed by atoms with Crippen molar-refractivity contribution in [2.75, 3.05) is 19.8 Å². The van der Waals surface area contributed by atoms with Gasteiger partial charge in [-0.25, -0.2) is 0 Å². The van der Waals surface area contributed by atoms with Crippen LogP contribution in [0, 0.1) is 0 Å². The highest BCUT2D eigenvalue weighted by Gasteiger charge is 2.00. The Morgan fingerprint density at radius 3 is 2.14 bits per heavy atom. The van der Waals surface area contributed by atoms with Crippen LogP contribution in [0.2, 0.25) is 0 Å². The van der Waals surface area contributed by atoms with Crippen LogP contribution in [0.25, 0.3) is 10.8 Å². The van der Waals surface area contributed by atoms with E-state index in [2.05, 4.69) is 4.74 Å². The second-order valence-electron chi connectivity index (χ2n) is 4.63. The van der Waals surface area contributed by atoms with Gasteiger partial charge in [0, 0.05) is 0 Å². The van der Waals surface area contributed by atoms with Gasteiger partial charge in [-0.2, -0.15) is 0 Å². The van der Waals surface area contributed by atoms with E-state index in [1.165, 1.54) is 0 Å². The molecule has 0 atom stereocenters. The van der Waals surface area contributed by atoms with Crippen molar-refractivity contribution >= 4 is 17.2 Å². The molecular formula is C17H20O4. The Morgan fingerprint density at radius 1 is 0.905 bits per heavy atom. The molecule has 0 saturated heterocycles. The topological polar surface area (TPSA) is 44.8 Å². The molecule has 4 nitrogen and oxygen atoms in total. The number of rotatable bonds is 9. The van der Waals surface area contributed by atoms with Crippen LogP contribution in [0.5, 0.6) is 11.5 Å². The van der Waals surface area contributed by atoms with Gasteiger partial charge in [0.1, 0.15) is 11.5 Å². The molecule has 0 aliphatic rings. The first kappa shape index (κ1) is 15.2. The summed E-state index contributed by atoms with van der Waals surface area (Å²) in [5.74, 6) is 1.73. The lowest BCUT2D eigenvalue weighted by Gasteiger charge is -2.08. The third kappa shape index (κ3) is 4.67. The van der Waals surface area contributed by atoms with Crippen LogP contribution in [-0.4, -0.2) is 26.3 Å². The van der Waals surface area contributed by atoms with E-state index in [-0.39, 0.29) is 0 Å². The van der Waals surface area contributed by atoms with Crippen molar-refractivity contribution in [1.29, 1.82) is 0 Å². The van der Waals surface area contributed by atoms with Gasteiger partial charge in [0.05, 0.1) is 19.8 Å². The first-order valence-electron chi connectivity index (χ1n) is 7.18. The first-order chi connectivity index (χ1) is 10.3. The lowest BCUT2D eigenvalue weighted by Crippen LogP contribution is -2.00. The average Bonchev–Trinajstić information content (AvgIpc) is 2.51. The smallest absolute Gasteiger partial charge is 0.293 e. The van der Waals surface area contributed by atoms with Crippen molar-refractivity contribution in [3.63, 3.8) is 0 Å². The van der Waals surface area contributed by atoms with Crippen LogP contribution in [-0.2, 0) is 9.53 Å². The Hall–Kier alpha value is -2.23. The van der Waals surface area contributed by atoms with E-state index in [9.17, 15) is 4.79 Å². The largest absolute Gasteiger partial charge is 0.494 e. The zero-order valence-electron chi connectivity index (χ0n) is 12.2. The number of carbonyl (C=O) groups is 1. The summed E-state index contributed by atoms with van der Waals surface area (Å²) in [4.78, 5) is 9.99. The van der Waals surface area contributed by atoms with Crippen LogP contribution < -0.4 is 9.47 Å². The Kier molecular flexibility index (Phi) is 5.88. The molecule has 4 heteroatoms. The van der Waals surface area contributed by atoms with Crippen molar-refractivity contribution < 1.29 is 19.0 Å². The van der Waals surface area contributed by atoms with E-state index in [4.69, 9.17) is 9.47 Å². The van der Waals surface area contributed by atoms with Crippen molar-refractivity contribution in [3.05, 3.63) is 36.4 Å². The molecule has 2 rings (SSSR count). The third-order valence-corrected chi connectivity index (χ3v) is 3.09. The molecule has 0 heterocycles. The highest BCUT2D eigenvalue weighted by Crippen LogP contribution is 2.25. The standard InChI is InChI=1S/C17H20O4/c1-2-20-16-7-5-15-12-17(8-6-14(15)11-16)21-10-4-3-9-19-13-18/h5-8,11-13H,2-4,9-10H2,1H3. The minimum atomic E-state index is 0.449. The predicted octanol–water partition coefficient (Wildman–Crippen LogP) is 3.57. The van der Waals surface area contributed by atoms with Crippen LogP contribution >= 0.6 is 0 Å². The monoisotopic (exact) mass is 288 g/mol. The summed E-state index contributed by atoms with van der Waals surface area (Å²) in [7, 11) is 0. The maximum absolute atomic E-state index is 9.99. The predicted molar refractivity (Wildman–Crippen MR) is 81.9 cm³/mol. The van der Waals surface area contributed by atoms with E-state index in [0.29, 0.717) is 26.3 Å². The van der Waals surface area contributed by atoms with Gasteiger partial charge in [-0.15, -0.1) is 0 Å². The summed E-state index contributed by atoms with van der Waals surface area (Å²) in [5.41, 5.74) is 0. The van der Waals surface area contributed by atoms with Crippen molar-refractivity contribution in [2.45, 2.75) is 19.8 Å². The molecule has 21 heavy (non-hydrogen) atoms. The molecule has 0 aliphatic heterocycles. The lowest BCUT2D eigenvalue weighted by molar-refractivity contribution is -0.128. The number of unbranched alkanes of at least 4 members (excludes halogenated alkanes) is 1. The van der Waals surface area contributed by atoms with E-state index in [1.54, 1.807) is 0 Å². The van der Waals surface area contributed by atoms with Gasteiger partial charge in [-0.1, -0.05) is 12.1 Å². The maximum Gasteiger partial charge on any atom is 0.293 e. The van der Waals surface area contributed by atoms with Gasteiger partial charge in [0.2, 0.25) is 0 Å².